The highest BCUT2D eigenvalue weighted by Crippen LogP contribution is 2.41. The van der Waals surface area contributed by atoms with Crippen LogP contribution in [0, 0.1) is 11.8 Å². The third kappa shape index (κ3) is 8.21. The first kappa shape index (κ1) is 34.4. The number of alkyl halides is 6. The third-order valence-electron chi connectivity index (χ3n) is 8.84. The molecular formula is C32H39F6N3O4. The maximum absolute atomic E-state index is 13.5. The van der Waals surface area contributed by atoms with Crippen LogP contribution in [0.2, 0.25) is 0 Å². The normalized spacial score (nSPS) is 22.6. The number of carbonyl (C=O) groups is 2. The van der Waals surface area contributed by atoms with Crippen molar-refractivity contribution in [3.05, 3.63) is 58.4 Å². The van der Waals surface area contributed by atoms with Crippen LogP contribution in [0.15, 0.2) is 30.3 Å². The summed E-state index contributed by atoms with van der Waals surface area (Å²) in [6.07, 6.45) is -8.69. The molecule has 0 bridgehead atoms. The molecule has 45 heavy (non-hydrogen) atoms. The van der Waals surface area contributed by atoms with Gasteiger partial charge in [0, 0.05) is 25.2 Å². The molecule has 2 aliphatic rings. The molecule has 1 aliphatic heterocycles. The molecule has 1 aromatic heterocycles. The van der Waals surface area contributed by atoms with Gasteiger partial charge >= 0.3 is 24.4 Å². The van der Waals surface area contributed by atoms with Crippen molar-refractivity contribution < 1.29 is 45.8 Å². The molecule has 0 spiro atoms. The molecule has 1 aliphatic carbocycles. The van der Waals surface area contributed by atoms with Crippen LogP contribution in [0.1, 0.15) is 99.9 Å². The lowest BCUT2D eigenvalue weighted by atomic mass is 9.80. The quantitative estimate of drug-likeness (QED) is 0.262. The summed E-state index contributed by atoms with van der Waals surface area (Å²) in [5, 5.41) is 9.14. The second kappa shape index (κ2) is 13.5. The molecule has 13 heteroatoms. The number of nitrogens with zero attached hydrogens (tertiary/aromatic N) is 3. The molecule has 7 nitrogen and oxygen atoms in total. The summed E-state index contributed by atoms with van der Waals surface area (Å²) in [6.45, 7) is 8.71. The third-order valence-corrected chi connectivity index (χ3v) is 8.84. The van der Waals surface area contributed by atoms with Crippen molar-refractivity contribution >= 4 is 17.7 Å². The van der Waals surface area contributed by atoms with Crippen molar-refractivity contribution in [2.45, 2.75) is 96.8 Å². The van der Waals surface area contributed by atoms with E-state index >= 15 is 0 Å². The van der Waals surface area contributed by atoms with E-state index in [0.717, 1.165) is 37.1 Å². The Kier molecular flexibility index (Phi) is 10.3. The molecule has 1 aromatic carbocycles. The number of carboxylic acids is 1. The van der Waals surface area contributed by atoms with Crippen LogP contribution < -0.4 is 4.90 Å². The van der Waals surface area contributed by atoms with E-state index in [9.17, 15) is 35.9 Å². The number of benzene rings is 1. The summed E-state index contributed by atoms with van der Waals surface area (Å²) in [6, 6.07) is 4.20. The van der Waals surface area contributed by atoms with Gasteiger partial charge in [-0.05, 0) is 93.2 Å². The first-order valence-electron chi connectivity index (χ1n) is 15.2. The smallest absolute Gasteiger partial charge is 0.416 e. The second-order valence-electron chi connectivity index (χ2n) is 12.4. The largest absolute Gasteiger partial charge is 0.481 e. The zero-order valence-electron chi connectivity index (χ0n) is 25.7. The van der Waals surface area contributed by atoms with Crippen LogP contribution in [0.5, 0.6) is 0 Å². The maximum atomic E-state index is 13.5. The van der Waals surface area contributed by atoms with E-state index in [1.165, 1.54) is 11.8 Å². The first-order valence-corrected chi connectivity index (χ1v) is 15.2. The van der Waals surface area contributed by atoms with E-state index in [0.29, 0.717) is 36.8 Å². The molecule has 0 unspecified atom stereocenters. The van der Waals surface area contributed by atoms with Crippen LogP contribution in [-0.4, -0.2) is 46.2 Å². The van der Waals surface area contributed by atoms with Gasteiger partial charge in [-0.2, -0.15) is 26.3 Å². The summed E-state index contributed by atoms with van der Waals surface area (Å²) >= 11 is 0. The predicted octanol–water partition coefficient (Wildman–Crippen LogP) is 8.43. The number of aromatic nitrogens is 1. The Morgan fingerprint density at radius 2 is 1.60 bits per heavy atom. The number of rotatable bonds is 10. The fourth-order valence-corrected chi connectivity index (χ4v) is 6.28. The van der Waals surface area contributed by atoms with Gasteiger partial charge in [-0.25, -0.2) is 4.79 Å². The molecule has 2 aromatic rings. The Bertz CT molecular complexity index is 1340. The molecule has 1 amide bonds. The minimum absolute atomic E-state index is 0.0499. The van der Waals surface area contributed by atoms with Gasteiger partial charge in [-0.3, -0.25) is 14.7 Å². The number of anilines is 1. The van der Waals surface area contributed by atoms with Crippen molar-refractivity contribution in [3.8, 4) is 0 Å². The Labute approximate surface area is 258 Å². The van der Waals surface area contributed by atoms with E-state index in [4.69, 9.17) is 14.8 Å². The van der Waals surface area contributed by atoms with E-state index in [2.05, 4.69) is 4.90 Å². The average Bonchev–Trinajstić information content (AvgIpc) is 3.24. The molecule has 4 rings (SSSR count). The fourth-order valence-electron chi connectivity index (χ4n) is 6.28. The first-order chi connectivity index (χ1) is 21.0. The average molecular weight is 644 g/mol. The number of aliphatic carboxylic acids is 1. The van der Waals surface area contributed by atoms with Gasteiger partial charge in [-0.15, -0.1) is 0 Å². The predicted molar refractivity (Wildman–Crippen MR) is 155 cm³/mol. The fraction of sp³-hybridized carbons (Fsp3) is 0.594. The summed E-state index contributed by atoms with van der Waals surface area (Å²) in [4.78, 5) is 32.5. The molecule has 0 radical (unpaired) electrons. The van der Waals surface area contributed by atoms with Gasteiger partial charge in [-0.1, -0.05) is 13.8 Å². The Morgan fingerprint density at radius 1 is 1.02 bits per heavy atom. The summed E-state index contributed by atoms with van der Waals surface area (Å²) in [5.41, 5.74) is -1.25. The van der Waals surface area contributed by atoms with Gasteiger partial charge in [0.05, 0.1) is 35.1 Å². The van der Waals surface area contributed by atoms with E-state index in [1.54, 1.807) is 0 Å². The van der Waals surface area contributed by atoms with Gasteiger partial charge in [0.15, 0.2) is 0 Å². The van der Waals surface area contributed by atoms with Crippen LogP contribution in [0.3, 0.4) is 0 Å². The van der Waals surface area contributed by atoms with Crippen LogP contribution >= 0.6 is 0 Å². The topological polar surface area (TPSA) is 83.0 Å². The number of pyridine rings is 1. The van der Waals surface area contributed by atoms with Crippen molar-refractivity contribution in [1.29, 1.82) is 0 Å². The summed E-state index contributed by atoms with van der Waals surface area (Å²) in [5.74, 6) is -0.244. The molecule has 1 saturated heterocycles. The SMILES string of the molecule is CCN(CC1CCC(CC(=O)O)CC1)c1ccc(C(C)C)nc1CN1C(=O)O[C@H](c2cc(C(F)(F)F)cc(C(F)(F)F)c2)[C@H]1C. The lowest BCUT2D eigenvalue weighted by molar-refractivity contribution is -0.143. The van der Waals surface area contributed by atoms with Gasteiger partial charge in [0.25, 0.3) is 0 Å². The molecule has 2 fully saturated rings. The van der Waals surface area contributed by atoms with Gasteiger partial charge < -0.3 is 14.7 Å². The lowest BCUT2D eigenvalue weighted by Crippen LogP contribution is -2.35. The molecule has 2 atom stereocenters. The van der Waals surface area contributed by atoms with Crippen molar-refractivity contribution in [2.24, 2.45) is 11.8 Å². The van der Waals surface area contributed by atoms with Crippen LogP contribution in [0.25, 0.3) is 0 Å². The highest BCUT2D eigenvalue weighted by molar-refractivity contribution is 5.71. The number of carboxylic acid groups (broad SMARTS) is 1. The van der Waals surface area contributed by atoms with Crippen LogP contribution in [0.4, 0.5) is 36.8 Å². The lowest BCUT2D eigenvalue weighted by Gasteiger charge is -2.34. The summed E-state index contributed by atoms with van der Waals surface area (Å²) < 4.78 is 86.6. The minimum Gasteiger partial charge on any atom is -0.481 e. The van der Waals surface area contributed by atoms with E-state index in [1.807, 2.05) is 32.9 Å². The molecule has 2 heterocycles. The molecule has 1 saturated carbocycles. The number of carbonyl (C=O) groups excluding carboxylic acids is 1. The molecule has 1 N–H and O–H groups in total. The standard InChI is InChI=1S/C32H39F6N3O4/c1-5-40(16-21-8-6-20(7-9-21)12-28(42)43)27-11-10-25(18(2)3)39-26(27)17-41-19(4)29(45-30(41)44)22-13-23(31(33,34)35)15-24(14-22)32(36,37)38/h10-11,13-15,18-21,29H,5-9,12,16-17H2,1-4H3,(H,42,43)/t19-,20?,21?,29+/m1/s1. The number of hydrogen-bond donors (Lipinski definition) is 1. The van der Waals surface area contributed by atoms with Gasteiger partial charge in [0.2, 0.25) is 0 Å². The minimum atomic E-state index is -5.03. The monoisotopic (exact) mass is 643 g/mol. The number of halogens is 6. The zero-order valence-corrected chi connectivity index (χ0v) is 25.7. The zero-order chi connectivity index (χ0) is 33.3. The van der Waals surface area contributed by atoms with E-state index in [-0.39, 0.29) is 30.9 Å². The van der Waals surface area contributed by atoms with Crippen molar-refractivity contribution in [2.75, 3.05) is 18.0 Å². The van der Waals surface area contributed by atoms with E-state index < -0.39 is 53.3 Å². The summed E-state index contributed by atoms with van der Waals surface area (Å²) in [7, 11) is 0. The maximum Gasteiger partial charge on any atom is 0.416 e. The Hall–Kier alpha value is -3.51. The Morgan fingerprint density at radius 3 is 2.11 bits per heavy atom. The van der Waals surface area contributed by atoms with Crippen molar-refractivity contribution in [3.63, 3.8) is 0 Å². The van der Waals surface area contributed by atoms with Crippen molar-refractivity contribution in [1.82, 2.24) is 9.88 Å². The highest BCUT2D eigenvalue weighted by atomic mass is 19.4. The Balaban J connectivity index is 1.60. The molecular weight excluding hydrogens is 604 g/mol. The second-order valence-corrected chi connectivity index (χ2v) is 12.4. The van der Waals surface area contributed by atoms with Crippen LogP contribution in [-0.2, 0) is 28.4 Å². The number of amides is 1. The number of cyclic esters (lactones) is 1. The number of ether oxygens (including phenoxy) is 1. The number of hydrogen-bond acceptors (Lipinski definition) is 5. The van der Waals surface area contributed by atoms with Gasteiger partial charge in [0.1, 0.15) is 6.10 Å². The molecule has 248 valence electrons. The highest BCUT2D eigenvalue weighted by Gasteiger charge is 2.43.